The number of hydrogen-bond acceptors (Lipinski definition) is 4. The summed E-state index contributed by atoms with van der Waals surface area (Å²) in [6, 6.07) is 3.64. The van der Waals surface area contributed by atoms with Crippen molar-refractivity contribution >= 4 is 5.91 Å². The van der Waals surface area contributed by atoms with E-state index in [1.807, 2.05) is 20.0 Å². The Morgan fingerprint density at radius 2 is 2.24 bits per heavy atom. The van der Waals surface area contributed by atoms with E-state index in [4.69, 9.17) is 0 Å². The summed E-state index contributed by atoms with van der Waals surface area (Å²) in [5, 5.41) is 13.7. The smallest absolute Gasteiger partial charge is 0.255 e. The number of aliphatic hydroxyl groups is 1. The van der Waals surface area contributed by atoms with E-state index in [0.717, 1.165) is 23.4 Å². The lowest BCUT2D eigenvalue weighted by Crippen LogP contribution is -2.36. The maximum absolute atomic E-state index is 12.5. The predicted molar refractivity (Wildman–Crippen MR) is 76.5 cm³/mol. The van der Waals surface area contributed by atoms with Crippen LogP contribution in [0.3, 0.4) is 0 Å². The number of rotatable bonds is 2. The third kappa shape index (κ3) is 2.42. The van der Waals surface area contributed by atoms with Crippen molar-refractivity contribution in [3.05, 3.63) is 46.5 Å². The lowest BCUT2D eigenvalue weighted by molar-refractivity contribution is 0.0731. The SMILES string of the molecule is Cc1ccc(C(=O)N2CCc3c(c(CO)nn3C)C2)cn1. The zero-order valence-corrected chi connectivity index (χ0v) is 12.2. The van der Waals surface area contributed by atoms with Gasteiger partial charge in [0.05, 0.1) is 17.9 Å². The summed E-state index contributed by atoms with van der Waals surface area (Å²) in [5.41, 5.74) is 4.22. The van der Waals surface area contributed by atoms with Crippen LogP contribution in [0, 0.1) is 6.92 Å². The van der Waals surface area contributed by atoms with Gasteiger partial charge in [0.2, 0.25) is 0 Å². The van der Waals surface area contributed by atoms with E-state index in [1.54, 1.807) is 21.8 Å². The van der Waals surface area contributed by atoms with Crippen LogP contribution in [0.4, 0.5) is 0 Å². The van der Waals surface area contributed by atoms with Crippen LogP contribution in [-0.4, -0.2) is 37.2 Å². The minimum absolute atomic E-state index is 0.0270. The van der Waals surface area contributed by atoms with E-state index < -0.39 is 0 Å². The highest BCUT2D eigenvalue weighted by atomic mass is 16.3. The Morgan fingerprint density at radius 3 is 2.90 bits per heavy atom. The molecular weight excluding hydrogens is 268 g/mol. The minimum Gasteiger partial charge on any atom is -0.390 e. The monoisotopic (exact) mass is 286 g/mol. The molecule has 3 heterocycles. The molecule has 110 valence electrons. The zero-order chi connectivity index (χ0) is 15.0. The second-order valence-corrected chi connectivity index (χ2v) is 5.32. The topological polar surface area (TPSA) is 71.2 Å². The van der Waals surface area contributed by atoms with E-state index >= 15 is 0 Å². The van der Waals surface area contributed by atoms with Crippen LogP contribution in [0.15, 0.2) is 18.3 Å². The maximum Gasteiger partial charge on any atom is 0.255 e. The molecule has 1 aliphatic heterocycles. The molecule has 1 aliphatic rings. The van der Waals surface area contributed by atoms with Crippen molar-refractivity contribution in [1.29, 1.82) is 0 Å². The van der Waals surface area contributed by atoms with Crippen LogP contribution in [0.2, 0.25) is 0 Å². The summed E-state index contributed by atoms with van der Waals surface area (Å²) in [6.45, 7) is 2.94. The van der Waals surface area contributed by atoms with Crippen LogP contribution < -0.4 is 0 Å². The lowest BCUT2D eigenvalue weighted by atomic mass is 10.0. The van der Waals surface area contributed by atoms with Gasteiger partial charge in [0.1, 0.15) is 0 Å². The average molecular weight is 286 g/mol. The molecular formula is C15H18N4O2. The van der Waals surface area contributed by atoms with Crippen molar-refractivity contribution in [2.75, 3.05) is 6.54 Å². The molecule has 1 amide bonds. The van der Waals surface area contributed by atoms with Gasteiger partial charge in [-0.05, 0) is 19.1 Å². The van der Waals surface area contributed by atoms with Gasteiger partial charge in [0, 0.05) is 49.7 Å². The van der Waals surface area contributed by atoms with Crippen molar-refractivity contribution in [2.24, 2.45) is 7.05 Å². The second kappa shape index (κ2) is 5.29. The van der Waals surface area contributed by atoms with Gasteiger partial charge in [0.25, 0.3) is 5.91 Å². The van der Waals surface area contributed by atoms with E-state index in [9.17, 15) is 9.90 Å². The normalized spacial score (nSPS) is 14.1. The van der Waals surface area contributed by atoms with Gasteiger partial charge < -0.3 is 10.0 Å². The van der Waals surface area contributed by atoms with Gasteiger partial charge in [-0.1, -0.05) is 0 Å². The number of pyridine rings is 1. The van der Waals surface area contributed by atoms with Crippen molar-refractivity contribution in [1.82, 2.24) is 19.7 Å². The first-order valence-corrected chi connectivity index (χ1v) is 6.96. The Hall–Kier alpha value is -2.21. The third-order valence-electron chi connectivity index (χ3n) is 3.92. The summed E-state index contributed by atoms with van der Waals surface area (Å²) in [4.78, 5) is 18.5. The molecule has 0 saturated carbocycles. The molecule has 0 spiro atoms. The fraction of sp³-hybridized carbons (Fsp3) is 0.400. The number of carbonyl (C=O) groups excluding carboxylic acids is 1. The molecule has 0 aromatic carbocycles. The summed E-state index contributed by atoms with van der Waals surface area (Å²) in [5.74, 6) is -0.0270. The largest absolute Gasteiger partial charge is 0.390 e. The number of amides is 1. The second-order valence-electron chi connectivity index (χ2n) is 5.32. The maximum atomic E-state index is 12.5. The van der Waals surface area contributed by atoms with Gasteiger partial charge in [-0.3, -0.25) is 14.5 Å². The number of fused-ring (bicyclic) bond motifs is 1. The van der Waals surface area contributed by atoms with E-state index in [-0.39, 0.29) is 12.5 Å². The molecule has 0 bridgehead atoms. The first-order chi connectivity index (χ1) is 10.1. The van der Waals surface area contributed by atoms with E-state index in [2.05, 4.69) is 10.1 Å². The Balaban J connectivity index is 1.85. The van der Waals surface area contributed by atoms with Crippen LogP contribution in [0.5, 0.6) is 0 Å². The summed E-state index contributed by atoms with van der Waals surface area (Å²) in [6.07, 6.45) is 2.37. The average Bonchev–Trinajstić information content (AvgIpc) is 2.83. The molecule has 21 heavy (non-hydrogen) atoms. The molecule has 0 aliphatic carbocycles. The van der Waals surface area contributed by atoms with Crippen molar-refractivity contribution in [2.45, 2.75) is 26.5 Å². The number of hydrogen-bond donors (Lipinski definition) is 1. The molecule has 6 heteroatoms. The number of aryl methyl sites for hydroxylation is 2. The van der Waals surface area contributed by atoms with Crippen LogP contribution in [-0.2, 0) is 26.6 Å². The third-order valence-corrected chi connectivity index (χ3v) is 3.92. The summed E-state index contributed by atoms with van der Waals surface area (Å²) in [7, 11) is 1.87. The Bertz CT molecular complexity index is 676. The first-order valence-electron chi connectivity index (χ1n) is 6.96. The quantitative estimate of drug-likeness (QED) is 0.887. The molecule has 0 radical (unpaired) electrons. The van der Waals surface area contributed by atoms with Crippen molar-refractivity contribution in [3.63, 3.8) is 0 Å². The Kier molecular flexibility index (Phi) is 3.47. The van der Waals surface area contributed by atoms with Gasteiger partial charge in [-0.2, -0.15) is 5.10 Å². The zero-order valence-electron chi connectivity index (χ0n) is 12.2. The van der Waals surface area contributed by atoms with Gasteiger partial charge in [0.15, 0.2) is 0 Å². The van der Waals surface area contributed by atoms with Gasteiger partial charge in [-0.15, -0.1) is 0 Å². The standard InChI is InChI=1S/C15H18N4O2/c1-10-3-4-11(7-16-10)15(21)19-6-5-14-12(8-19)13(9-20)17-18(14)2/h3-4,7,20H,5-6,8-9H2,1-2H3. The molecule has 0 atom stereocenters. The highest BCUT2D eigenvalue weighted by Crippen LogP contribution is 2.23. The highest BCUT2D eigenvalue weighted by molar-refractivity contribution is 5.94. The first kappa shape index (κ1) is 13.8. The molecule has 1 N–H and O–H groups in total. The van der Waals surface area contributed by atoms with Crippen LogP contribution in [0.1, 0.15) is 33.0 Å². The Morgan fingerprint density at radius 1 is 1.43 bits per heavy atom. The van der Waals surface area contributed by atoms with Gasteiger partial charge in [-0.25, -0.2) is 0 Å². The van der Waals surface area contributed by atoms with E-state index in [1.165, 1.54) is 0 Å². The number of aromatic nitrogens is 3. The Labute approximate surface area is 123 Å². The van der Waals surface area contributed by atoms with Crippen LogP contribution in [0.25, 0.3) is 0 Å². The van der Waals surface area contributed by atoms with Crippen molar-refractivity contribution < 1.29 is 9.90 Å². The fourth-order valence-electron chi connectivity index (χ4n) is 2.75. The molecule has 0 saturated heterocycles. The highest BCUT2D eigenvalue weighted by Gasteiger charge is 2.26. The van der Waals surface area contributed by atoms with Crippen molar-refractivity contribution in [3.8, 4) is 0 Å². The van der Waals surface area contributed by atoms with E-state index in [0.29, 0.717) is 24.3 Å². The molecule has 3 rings (SSSR count). The predicted octanol–water partition coefficient (Wildman–Crippen LogP) is 0.814. The summed E-state index contributed by atoms with van der Waals surface area (Å²) >= 11 is 0. The fourth-order valence-corrected chi connectivity index (χ4v) is 2.75. The molecule has 2 aromatic heterocycles. The number of aliphatic hydroxyl groups excluding tert-OH is 1. The molecule has 0 unspecified atom stereocenters. The van der Waals surface area contributed by atoms with Gasteiger partial charge >= 0.3 is 0 Å². The molecule has 0 fully saturated rings. The summed E-state index contributed by atoms with van der Waals surface area (Å²) < 4.78 is 1.80. The number of carbonyl (C=O) groups is 1. The molecule has 6 nitrogen and oxygen atoms in total. The number of nitrogens with zero attached hydrogens (tertiary/aromatic N) is 4. The van der Waals surface area contributed by atoms with Crippen LogP contribution >= 0.6 is 0 Å². The molecule has 2 aromatic rings. The lowest BCUT2D eigenvalue weighted by Gasteiger charge is -2.27. The minimum atomic E-state index is -0.0999.